The van der Waals surface area contributed by atoms with E-state index in [1.807, 2.05) is 51.1 Å². The molecule has 5 nitrogen and oxygen atoms in total. The monoisotopic (exact) mass is 395 g/mol. The standard InChI is InChI=1S/C22H26N4OS/c1-22(2,3)25-19(27)14-28-21-16(12-23)20(15-8-6-5-7-9-15)17-13-26(4)11-10-18(17)24-21/h5-9H,10-11,13-14H2,1-4H3,(H,25,27)/p+1. The first-order chi connectivity index (χ1) is 13.3. The van der Waals surface area contributed by atoms with Crippen LogP contribution in [0.4, 0.5) is 0 Å². The molecule has 2 heterocycles. The van der Waals surface area contributed by atoms with E-state index in [-0.39, 0.29) is 17.2 Å². The predicted molar refractivity (Wildman–Crippen MR) is 112 cm³/mol. The first-order valence-electron chi connectivity index (χ1n) is 9.55. The first kappa shape index (κ1) is 20.4. The fraction of sp³-hybridized carbons (Fsp3) is 0.409. The number of rotatable bonds is 4. The molecule has 28 heavy (non-hydrogen) atoms. The summed E-state index contributed by atoms with van der Waals surface area (Å²) in [6, 6.07) is 12.4. The number of quaternary nitrogens is 1. The lowest BCUT2D eigenvalue weighted by molar-refractivity contribution is -0.895. The van der Waals surface area contributed by atoms with Crippen molar-refractivity contribution >= 4 is 17.7 Å². The van der Waals surface area contributed by atoms with Gasteiger partial charge in [-0.3, -0.25) is 4.79 Å². The van der Waals surface area contributed by atoms with Crippen LogP contribution in [0.2, 0.25) is 0 Å². The quantitative estimate of drug-likeness (QED) is 0.779. The van der Waals surface area contributed by atoms with Crippen molar-refractivity contribution < 1.29 is 9.69 Å². The van der Waals surface area contributed by atoms with Crippen LogP contribution in [0, 0.1) is 11.3 Å². The Morgan fingerprint density at radius 2 is 2.04 bits per heavy atom. The zero-order valence-electron chi connectivity index (χ0n) is 16.9. The second-order valence-corrected chi connectivity index (χ2v) is 9.25. The Hall–Kier alpha value is -2.36. The largest absolute Gasteiger partial charge is 0.351 e. The lowest BCUT2D eigenvalue weighted by Gasteiger charge is -2.26. The Kier molecular flexibility index (Phi) is 6.07. The third kappa shape index (κ3) is 4.73. The number of hydrogen-bond donors (Lipinski definition) is 2. The Morgan fingerprint density at radius 1 is 1.32 bits per heavy atom. The third-order valence-corrected chi connectivity index (χ3v) is 5.62. The van der Waals surface area contributed by atoms with Crippen molar-refractivity contribution in [2.24, 2.45) is 0 Å². The van der Waals surface area contributed by atoms with Gasteiger partial charge in [-0.2, -0.15) is 5.26 Å². The van der Waals surface area contributed by atoms with Gasteiger partial charge in [-0.25, -0.2) is 4.98 Å². The summed E-state index contributed by atoms with van der Waals surface area (Å²) in [4.78, 5) is 18.5. The summed E-state index contributed by atoms with van der Waals surface area (Å²) in [5.41, 5.74) is 4.53. The number of carbonyl (C=O) groups is 1. The molecule has 1 amide bonds. The molecule has 1 aromatic carbocycles. The fourth-order valence-electron chi connectivity index (χ4n) is 3.49. The smallest absolute Gasteiger partial charge is 0.230 e. The van der Waals surface area contributed by atoms with E-state index in [0.29, 0.717) is 10.6 Å². The molecule has 0 spiro atoms. The van der Waals surface area contributed by atoms with Gasteiger partial charge >= 0.3 is 0 Å². The number of nitrogens with one attached hydrogen (secondary N) is 2. The van der Waals surface area contributed by atoms with Gasteiger partial charge in [0, 0.05) is 23.1 Å². The molecule has 0 saturated carbocycles. The number of likely N-dealkylation sites (N-methyl/N-ethyl adjacent to an activating group) is 1. The SMILES string of the molecule is C[NH+]1CCc2nc(SCC(=O)NC(C)(C)C)c(C#N)c(-c3ccccc3)c2C1. The molecule has 6 heteroatoms. The van der Waals surface area contributed by atoms with Crippen LogP contribution in [-0.2, 0) is 17.8 Å². The molecule has 0 fully saturated rings. The van der Waals surface area contributed by atoms with E-state index in [2.05, 4.69) is 18.4 Å². The van der Waals surface area contributed by atoms with Gasteiger partial charge in [0.25, 0.3) is 0 Å². The Labute approximate surface area is 171 Å². The van der Waals surface area contributed by atoms with Crippen LogP contribution < -0.4 is 10.2 Å². The van der Waals surface area contributed by atoms with E-state index in [4.69, 9.17) is 4.98 Å². The molecule has 1 unspecified atom stereocenters. The van der Waals surface area contributed by atoms with Crippen molar-refractivity contribution in [3.63, 3.8) is 0 Å². The molecule has 1 aliphatic heterocycles. The van der Waals surface area contributed by atoms with Crippen LogP contribution >= 0.6 is 11.8 Å². The summed E-state index contributed by atoms with van der Waals surface area (Å²) in [5.74, 6) is 0.197. The van der Waals surface area contributed by atoms with Crippen LogP contribution in [-0.4, -0.2) is 35.8 Å². The van der Waals surface area contributed by atoms with Crippen molar-refractivity contribution in [3.05, 3.63) is 47.2 Å². The summed E-state index contributed by atoms with van der Waals surface area (Å²) in [6.07, 6.45) is 0.883. The van der Waals surface area contributed by atoms with Crippen molar-refractivity contribution in [2.45, 2.75) is 44.3 Å². The number of thioether (sulfide) groups is 1. The lowest BCUT2D eigenvalue weighted by atomic mass is 9.92. The summed E-state index contributed by atoms with van der Waals surface area (Å²) < 4.78 is 0. The van der Waals surface area contributed by atoms with Gasteiger partial charge in [-0.05, 0) is 26.3 Å². The predicted octanol–water partition coefficient (Wildman–Crippen LogP) is 2.20. The first-order valence-corrected chi connectivity index (χ1v) is 10.5. The molecular formula is C22H27N4OS+. The summed E-state index contributed by atoms with van der Waals surface area (Å²) in [6.45, 7) is 7.75. The number of aromatic nitrogens is 1. The molecule has 2 aromatic rings. The maximum Gasteiger partial charge on any atom is 0.230 e. The molecule has 2 N–H and O–H groups in total. The molecule has 1 aromatic heterocycles. The number of nitriles is 1. The van der Waals surface area contributed by atoms with Crippen LogP contribution in [0.3, 0.4) is 0 Å². The summed E-state index contributed by atoms with van der Waals surface area (Å²) in [5, 5.41) is 13.6. The topological polar surface area (TPSA) is 70.2 Å². The maximum atomic E-state index is 12.3. The Balaban J connectivity index is 2.02. The number of nitrogens with zero attached hydrogens (tertiary/aromatic N) is 2. The van der Waals surface area contributed by atoms with E-state index in [0.717, 1.165) is 41.9 Å². The van der Waals surface area contributed by atoms with Crippen molar-refractivity contribution in [1.82, 2.24) is 10.3 Å². The minimum atomic E-state index is -0.276. The number of amides is 1. The van der Waals surface area contributed by atoms with E-state index in [1.165, 1.54) is 16.7 Å². The van der Waals surface area contributed by atoms with Gasteiger partial charge in [-0.1, -0.05) is 42.1 Å². The minimum absolute atomic E-state index is 0.0497. The van der Waals surface area contributed by atoms with E-state index >= 15 is 0 Å². The van der Waals surface area contributed by atoms with Crippen LogP contribution in [0.15, 0.2) is 35.4 Å². The van der Waals surface area contributed by atoms with E-state index < -0.39 is 0 Å². The normalized spacial score (nSPS) is 16.2. The van der Waals surface area contributed by atoms with Crippen molar-refractivity contribution in [3.8, 4) is 17.2 Å². The van der Waals surface area contributed by atoms with Crippen LogP contribution in [0.1, 0.15) is 37.6 Å². The zero-order valence-corrected chi connectivity index (χ0v) is 17.7. The van der Waals surface area contributed by atoms with Crippen LogP contribution in [0.5, 0.6) is 0 Å². The second-order valence-electron chi connectivity index (χ2n) is 8.29. The number of fused-ring (bicyclic) bond motifs is 1. The number of benzene rings is 1. The molecule has 146 valence electrons. The third-order valence-electron chi connectivity index (χ3n) is 4.65. The minimum Gasteiger partial charge on any atom is -0.351 e. The lowest BCUT2D eigenvalue weighted by Crippen LogP contribution is -3.08. The average Bonchev–Trinajstić information content (AvgIpc) is 2.64. The van der Waals surface area contributed by atoms with Gasteiger partial charge in [0.05, 0.1) is 30.6 Å². The molecule has 0 bridgehead atoms. The van der Waals surface area contributed by atoms with Crippen LogP contribution in [0.25, 0.3) is 11.1 Å². The molecule has 1 atom stereocenters. The highest BCUT2D eigenvalue weighted by molar-refractivity contribution is 8.00. The molecule has 3 rings (SSSR count). The highest BCUT2D eigenvalue weighted by Crippen LogP contribution is 2.35. The molecular weight excluding hydrogens is 368 g/mol. The number of hydrogen-bond acceptors (Lipinski definition) is 4. The van der Waals surface area contributed by atoms with Crippen molar-refractivity contribution in [2.75, 3.05) is 19.3 Å². The molecule has 0 radical (unpaired) electrons. The maximum absolute atomic E-state index is 12.3. The molecule has 1 aliphatic rings. The van der Waals surface area contributed by atoms with Gasteiger partial charge in [0.15, 0.2) is 0 Å². The molecule has 0 saturated heterocycles. The Morgan fingerprint density at radius 3 is 2.68 bits per heavy atom. The zero-order chi connectivity index (χ0) is 20.3. The summed E-state index contributed by atoms with van der Waals surface area (Å²) >= 11 is 1.35. The van der Waals surface area contributed by atoms with E-state index in [9.17, 15) is 10.1 Å². The van der Waals surface area contributed by atoms with Gasteiger partial charge < -0.3 is 10.2 Å². The highest BCUT2D eigenvalue weighted by Gasteiger charge is 2.27. The van der Waals surface area contributed by atoms with Crippen molar-refractivity contribution in [1.29, 1.82) is 5.26 Å². The molecule has 0 aliphatic carbocycles. The van der Waals surface area contributed by atoms with Gasteiger partial charge in [0.1, 0.15) is 17.6 Å². The average molecular weight is 396 g/mol. The van der Waals surface area contributed by atoms with E-state index in [1.54, 1.807) is 0 Å². The fourth-order valence-corrected chi connectivity index (χ4v) is 4.29. The highest BCUT2D eigenvalue weighted by atomic mass is 32.2. The Bertz CT molecular complexity index is 913. The number of carbonyl (C=O) groups excluding carboxylic acids is 1. The second kappa shape index (κ2) is 8.34. The number of pyridine rings is 1. The van der Waals surface area contributed by atoms with Gasteiger partial charge in [-0.15, -0.1) is 0 Å². The summed E-state index contributed by atoms with van der Waals surface area (Å²) in [7, 11) is 2.17. The van der Waals surface area contributed by atoms with Gasteiger partial charge in [0.2, 0.25) is 5.91 Å².